The Morgan fingerprint density at radius 2 is 2.21 bits per heavy atom. The number of nitrogens with one attached hydrogen (secondary N) is 1. The van der Waals surface area contributed by atoms with E-state index in [0.717, 1.165) is 23.1 Å². The van der Waals surface area contributed by atoms with Gasteiger partial charge in [0.1, 0.15) is 5.75 Å². The van der Waals surface area contributed by atoms with Crippen LogP contribution in [-0.2, 0) is 11.2 Å². The lowest BCUT2D eigenvalue weighted by molar-refractivity contribution is -0.120. The highest BCUT2D eigenvalue weighted by molar-refractivity contribution is 9.10. The molecule has 0 aromatic heterocycles. The molecule has 0 spiro atoms. The van der Waals surface area contributed by atoms with Crippen LogP contribution in [-0.4, -0.2) is 18.6 Å². The predicted octanol–water partition coefficient (Wildman–Crippen LogP) is 3.31. The molecule has 1 N–H and O–H groups in total. The lowest BCUT2D eigenvalue weighted by Gasteiger charge is -2.33. The van der Waals surface area contributed by atoms with Gasteiger partial charge in [0.25, 0.3) is 0 Å². The van der Waals surface area contributed by atoms with Gasteiger partial charge in [0.2, 0.25) is 5.91 Å². The highest BCUT2D eigenvalue weighted by atomic mass is 79.9. The van der Waals surface area contributed by atoms with Crippen molar-refractivity contribution in [1.29, 1.82) is 0 Å². The minimum atomic E-state index is -0.106. The molecule has 1 atom stereocenters. The van der Waals surface area contributed by atoms with Crippen molar-refractivity contribution in [3.8, 4) is 5.75 Å². The molecular weight excluding hydrogens is 306 g/mol. The van der Waals surface area contributed by atoms with Crippen molar-refractivity contribution in [2.75, 3.05) is 7.11 Å². The van der Waals surface area contributed by atoms with Crippen LogP contribution in [0.4, 0.5) is 0 Å². The number of hydrogen-bond acceptors (Lipinski definition) is 2. The summed E-state index contributed by atoms with van der Waals surface area (Å²) in [4.78, 5) is 11.6. The van der Waals surface area contributed by atoms with Crippen LogP contribution in [0.1, 0.15) is 32.3 Å². The smallest absolute Gasteiger partial charge is 0.220 e. The number of carbonyl (C=O) groups is 1. The molecule has 0 bridgehead atoms. The molecule has 1 saturated heterocycles. The molecule has 1 aliphatic rings. The number of rotatable bonds is 4. The monoisotopic (exact) mass is 325 g/mol. The van der Waals surface area contributed by atoms with E-state index >= 15 is 0 Å². The largest absolute Gasteiger partial charge is 0.496 e. The zero-order valence-electron chi connectivity index (χ0n) is 11.6. The molecule has 1 aliphatic heterocycles. The van der Waals surface area contributed by atoms with Gasteiger partial charge < -0.3 is 10.1 Å². The van der Waals surface area contributed by atoms with E-state index in [1.807, 2.05) is 6.07 Å². The maximum Gasteiger partial charge on any atom is 0.220 e. The third-order valence-corrected chi connectivity index (χ3v) is 4.65. The zero-order valence-corrected chi connectivity index (χ0v) is 13.2. The fourth-order valence-electron chi connectivity index (χ4n) is 2.69. The van der Waals surface area contributed by atoms with E-state index < -0.39 is 0 Å². The SMILES string of the molecule is COc1ccc(CC2(C(C)C)CCC(=O)N2)cc1Br. The van der Waals surface area contributed by atoms with Gasteiger partial charge in [-0.25, -0.2) is 0 Å². The van der Waals surface area contributed by atoms with E-state index in [9.17, 15) is 4.79 Å². The molecule has 1 heterocycles. The van der Waals surface area contributed by atoms with Crippen LogP contribution in [0.5, 0.6) is 5.75 Å². The number of hydrogen-bond donors (Lipinski definition) is 1. The first-order valence-corrected chi connectivity index (χ1v) is 7.39. The van der Waals surface area contributed by atoms with Crippen LogP contribution >= 0.6 is 15.9 Å². The second-order valence-corrected chi connectivity index (χ2v) is 6.36. The number of halogens is 1. The highest BCUT2D eigenvalue weighted by Gasteiger charge is 2.40. The van der Waals surface area contributed by atoms with Crippen LogP contribution in [0.2, 0.25) is 0 Å². The van der Waals surface area contributed by atoms with E-state index in [0.29, 0.717) is 12.3 Å². The summed E-state index contributed by atoms with van der Waals surface area (Å²) in [5.41, 5.74) is 1.11. The maximum atomic E-state index is 11.6. The molecule has 1 aromatic rings. The predicted molar refractivity (Wildman–Crippen MR) is 79.3 cm³/mol. The van der Waals surface area contributed by atoms with Crippen molar-refractivity contribution >= 4 is 21.8 Å². The summed E-state index contributed by atoms with van der Waals surface area (Å²) in [6.45, 7) is 4.34. The molecule has 3 nitrogen and oxygen atoms in total. The second kappa shape index (κ2) is 5.53. The summed E-state index contributed by atoms with van der Waals surface area (Å²) in [7, 11) is 1.66. The Kier molecular flexibility index (Phi) is 4.19. The third kappa shape index (κ3) is 2.94. The standard InChI is InChI=1S/C15H20BrNO2/c1-10(2)15(7-6-14(18)17-15)9-11-4-5-13(19-3)12(16)8-11/h4-5,8,10H,6-7,9H2,1-3H3,(H,17,18). The van der Waals surface area contributed by atoms with E-state index in [2.05, 4.69) is 47.2 Å². The fourth-order valence-corrected chi connectivity index (χ4v) is 3.28. The van der Waals surface area contributed by atoms with Crippen molar-refractivity contribution < 1.29 is 9.53 Å². The van der Waals surface area contributed by atoms with Gasteiger partial charge in [-0.1, -0.05) is 19.9 Å². The van der Waals surface area contributed by atoms with Gasteiger partial charge in [-0.2, -0.15) is 0 Å². The topological polar surface area (TPSA) is 38.3 Å². The molecule has 1 fully saturated rings. The van der Waals surface area contributed by atoms with Crippen LogP contribution in [0.25, 0.3) is 0 Å². The Balaban J connectivity index is 2.23. The number of carbonyl (C=O) groups excluding carboxylic acids is 1. The summed E-state index contributed by atoms with van der Waals surface area (Å²) in [5.74, 6) is 1.42. The van der Waals surface area contributed by atoms with E-state index in [1.165, 1.54) is 5.56 Å². The number of ether oxygens (including phenoxy) is 1. The molecule has 4 heteroatoms. The molecule has 2 rings (SSSR count). The minimum absolute atomic E-state index is 0.106. The van der Waals surface area contributed by atoms with Crippen molar-refractivity contribution in [2.24, 2.45) is 5.92 Å². The van der Waals surface area contributed by atoms with Crippen molar-refractivity contribution in [2.45, 2.75) is 38.6 Å². The first-order valence-electron chi connectivity index (χ1n) is 6.60. The van der Waals surface area contributed by atoms with Crippen molar-refractivity contribution in [1.82, 2.24) is 5.32 Å². The third-order valence-electron chi connectivity index (χ3n) is 4.03. The average molecular weight is 326 g/mol. The molecular formula is C15H20BrNO2. The van der Waals surface area contributed by atoms with Gasteiger partial charge in [0.15, 0.2) is 0 Å². The van der Waals surface area contributed by atoms with Gasteiger partial charge in [-0.05, 0) is 52.4 Å². The molecule has 0 radical (unpaired) electrons. The Labute approximate surface area is 122 Å². The second-order valence-electron chi connectivity index (χ2n) is 5.50. The minimum Gasteiger partial charge on any atom is -0.496 e. The summed E-state index contributed by atoms with van der Waals surface area (Å²) in [6.07, 6.45) is 2.40. The molecule has 1 unspecified atom stereocenters. The lowest BCUT2D eigenvalue weighted by Crippen LogP contribution is -2.48. The van der Waals surface area contributed by atoms with Gasteiger partial charge >= 0.3 is 0 Å². The van der Waals surface area contributed by atoms with E-state index in [-0.39, 0.29) is 11.4 Å². The quantitative estimate of drug-likeness (QED) is 0.922. The Morgan fingerprint density at radius 1 is 1.47 bits per heavy atom. The van der Waals surface area contributed by atoms with Crippen LogP contribution in [0.15, 0.2) is 22.7 Å². The molecule has 1 aromatic carbocycles. The van der Waals surface area contributed by atoms with E-state index in [4.69, 9.17) is 4.74 Å². The highest BCUT2D eigenvalue weighted by Crippen LogP contribution is 2.34. The lowest BCUT2D eigenvalue weighted by atomic mass is 9.80. The molecule has 0 saturated carbocycles. The van der Waals surface area contributed by atoms with Gasteiger partial charge in [-0.15, -0.1) is 0 Å². The molecule has 19 heavy (non-hydrogen) atoms. The molecule has 0 aliphatic carbocycles. The molecule has 104 valence electrons. The Hall–Kier alpha value is -1.03. The van der Waals surface area contributed by atoms with Gasteiger partial charge in [-0.3, -0.25) is 4.79 Å². The Morgan fingerprint density at radius 3 is 2.68 bits per heavy atom. The Bertz CT molecular complexity index is 487. The first-order chi connectivity index (χ1) is 8.97. The van der Waals surface area contributed by atoms with Crippen molar-refractivity contribution in [3.05, 3.63) is 28.2 Å². The summed E-state index contributed by atoms with van der Waals surface area (Å²) < 4.78 is 6.20. The molecule has 1 amide bonds. The van der Waals surface area contributed by atoms with Crippen LogP contribution < -0.4 is 10.1 Å². The number of methoxy groups -OCH3 is 1. The van der Waals surface area contributed by atoms with Gasteiger partial charge in [0.05, 0.1) is 11.6 Å². The summed E-state index contributed by atoms with van der Waals surface area (Å²) in [5, 5.41) is 3.18. The van der Waals surface area contributed by atoms with Crippen LogP contribution in [0, 0.1) is 5.92 Å². The first kappa shape index (κ1) is 14.4. The number of benzene rings is 1. The average Bonchev–Trinajstić information content (AvgIpc) is 2.72. The van der Waals surface area contributed by atoms with Gasteiger partial charge in [0, 0.05) is 12.0 Å². The van der Waals surface area contributed by atoms with E-state index in [1.54, 1.807) is 7.11 Å². The zero-order chi connectivity index (χ0) is 14.0. The summed E-state index contributed by atoms with van der Waals surface area (Å²) in [6, 6.07) is 6.11. The van der Waals surface area contributed by atoms with Crippen LogP contribution in [0.3, 0.4) is 0 Å². The maximum absolute atomic E-state index is 11.6. The fraction of sp³-hybridized carbons (Fsp3) is 0.533. The van der Waals surface area contributed by atoms with Crippen molar-refractivity contribution in [3.63, 3.8) is 0 Å². The number of amides is 1. The normalized spacial score (nSPS) is 22.7. The summed E-state index contributed by atoms with van der Waals surface area (Å²) >= 11 is 3.51.